The van der Waals surface area contributed by atoms with Gasteiger partial charge >= 0.3 is 5.97 Å². The second-order valence-electron chi connectivity index (χ2n) is 2.96. The third kappa shape index (κ3) is 5.54. The topological polar surface area (TPSA) is 44.3 Å². The van der Waals surface area contributed by atoms with Crippen LogP contribution >= 0.6 is 0 Å². The average molecular weight is 279 g/mol. The molecule has 0 fully saturated rings. The van der Waals surface area contributed by atoms with Crippen molar-refractivity contribution in [2.45, 2.75) is 6.54 Å². The molecule has 0 aliphatic rings. The summed E-state index contributed by atoms with van der Waals surface area (Å²) in [5.74, 6) is -0.252. The number of aromatic nitrogens is 2. The van der Waals surface area contributed by atoms with Crippen LogP contribution in [0.4, 0.5) is 0 Å². The first-order valence-electron chi connectivity index (χ1n) is 4.38. The van der Waals surface area contributed by atoms with E-state index in [0.29, 0.717) is 13.2 Å². The molecule has 5 nitrogen and oxygen atoms in total. The van der Waals surface area contributed by atoms with E-state index in [-0.39, 0.29) is 29.5 Å². The molecule has 0 amide bonds. The highest BCUT2D eigenvalue weighted by Crippen LogP contribution is 1.87. The van der Waals surface area contributed by atoms with Crippen molar-refractivity contribution < 1.29 is 35.8 Å². The van der Waals surface area contributed by atoms with Gasteiger partial charge in [-0.25, -0.2) is 13.9 Å². The predicted octanol–water partition coefficient (Wildman–Crippen LogP) is -3.49. The smallest absolute Gasteiger partial charge is 0.348 e. The summed E-state index contributed by atoms with van der Waals surface area (Å²) >= 11 is 0. The Morgan fingerprint density at radius 1 is 1.47 bits per heavy atom. The Bertz CT molecular complexity index is 301. The molecule has 0 aliphatic heterocycles. The quantitative estimate of drug-likeness (QED) is 0.319. The Morgan fingerprint density at radius 2 is 2.20 bits per heavy atom. The van der Waals surface area contributed by atoms with Crippen molar-refractivity contribution in [3.8, 4) is 0 Å². The molecule has 1 aromatic rings. The van der Waals surface area contributed by atoms with Gasteiger partial charge in [-0.15, -0.1) is 0 Å². The van der Waals surface area contributed by atoms with Gasteiger partial charge < -0.3 is 26.5 Å². The van der Waals surface area contributed by atoms with Crippen LogP contribution in [-0.2, 0) is 27.9 Å². The molecular weight excluding hydrogens is 264 g/mol. The summed E-state index contributed by atoms with van der Waals surface area (Å²) in [6.07, 6.45) is 5.50. The van der Waals surface area contributed by atoms with E-state index in [1.54, 1.807) is 11.7 Å². The summed E-state index contributed by atoms with van der Waals surface area (Å²) < 4.78 is 13.3. The van der Waals surface area contributed by atoms with Gasteiger partial charge in [0.05, 0.1) is 13.7 Å². The molecule has 1 heterocycles. The number of ether oxygens (including phenoxy) is 2. The molecule has 0 unspecified atom stereocenters. The zero-order valence-corrected chi connectivity index (χ0v) is 10.4. The standard InChI is InChI=1S/C9H15N2O3.BrH/c1-10-3-4-11(8-10)7-9(12)14-6-5-13-2;/h3-4,8H,5-7H2,1-2H3;1H/q+1;/p-1. The molecule has 0 radical (unpaired) electrons. The first-order valence-corrected chi connectivity index (χ1v) is 4.38. The van der Waals surface area contributed by atoms with Gasteiger partial charge in [0.15, 0.2) is 6.54 Å². The molecule has 0 saturated heterocycles. The number of hydrogen-bond acceptors (Lipinski definition) is 3. The van der Waals surface area contributed by atoms with Gasteiger partial charge in [0, 0.05) is 7.11 Å². The van der Waals surface area contributed by atoms with Crippen molar-refractivity contribution in [1.82, 2.24) is 4.57 Å². The molecule has 0 atom stereocenters. The largest absolute Gasteiger partial charge is 1.00 e. The van der Waals surface area contributed by atoms with E-state index >= 15 is 0 Å². The second-order valence-corrected chi connectivity index (χ2v) is 2.96. The summed E-state index contributed by atoms with van der Waals surface area (Å²) in [6, 6.07) is 0. The minimum Gasteiger partial charge on any atom is -1.00 e. The lowest BCUT2D eigenvalue weighted by Crippen LogP contribution is -3.00. The maximum absolute atomic E-state index is 11.2. The van der Waals surface area contributed by atoms with Gasteiger partial charge in [-0.3, -0.25) is 0 Å². The van der Waals surface area contributed by atoms with Crippen molar-refractivity contribution in [2.75, 3.05) is 20.3 Å². The molecule has 1 rings (SSSR count). The molecule has 0 N–H and O–H groups in total. The minimum atomic E-state index is -0.252. The number of carbonyl (C=O) groups is 1. The molecule has 1 aromatic heterocycles. The number of esters is 1. The van der Waals surface area contributed by atoms with Crippen molar-refractivity contribution in [3.05, 3.63) is 18.7 Å². The lowest BCUT2D eigenvalue weighted by atomic mass is 10.6. The number of hydrogen-bond donors (Lipinski definition) is 0. The van der Waals surface area contributed by atoms with Crippen molar-refractivity contribution in [3.63, 3.8) is 0 Å². The van der Waals surface area contributed by atoms with E-state index in [2.05, 4.69) is 0 Å². The molecule has 86 valence electrons. The Hall–Kier alpha value is -0.880. The number of aryl methyl sites for hydroxylation is 1. The number of nitrogens with zero attached hydrogens (tertiary/aromatic N) is 2. The normalized spacial score (nSPS) is 9.47. The second kappa shape index (κ2) is 7.42. The van der Waals surface area contributed by atoms with Crippen LogP contribution in [0.2, 0.25) is 0 Å². The fourth-order valence-electron chi connectivity index (χ4n) is 1.03. The van der Waals surface area contributed by atoms with Crippen LogP contribution in [-0.4, -0.2) is 30.9 Å². The van der Waals surface area contributed by atoms with Crippen molar-refractivity contribution >= 4 is 5.97 Å². The number of rotatable bonds is 5. The molecule has 15 heavy (non-hydrogen) atoms. The van der Waals surface area contributed by atoms with Gasteiger partial charge in [-0.1, -0.05) is 0 Å². The highest BCUT2D eigenvalue weighted by atomic mass is 79.9. The van der Waals surface area contributed by atoms with Crippen LogP contribution in [0.15, 0.2) is 18.7 Å². The van der Waals surface area contributed by atoms with Gasteiger partial charge in [-0.2, -0.15) is 0 Å². The van der Waals surface area contributed by atoms with E-state index in [0.717, 1.165) is 0 Å². The van der Waals surface area contributed by atoms with Gasteiger partial charge in [-0.05, 0) is 0 Å². The third-order valence-corrected chi connectivity index (χ3v) is 1.69. The summed E-state index contributed by atoms with van der Waals surface area (Å²) in [5, 5.41) is 0. The zero-order valence-electron chi connectivity index (χ0n) is 8.85. The highest BCUT2D eigenvalue weighted by Gasteiger charge is 2.08. The number of halogens is 1. The fraction of sp³-hybridized carbons (Fsp3) is 0.556. The maximum Gasteiger partial charge on any atom is 0.348 e. The third-order valence-electron chi connectivity index (χ3n) is 1.69. The number of methoxy groups -OCH3 is 1. The van der Waals surface area contributed by atoms with Crippen LogP contribution in [0.25, 0.3) is 0 Å². The van der Waals surface area contributed by atoms with Crippen LogP contribution in [0.1, 0.15) is 0 Å². The van der Waals surface area contributed by atoms with Crippen LogP contribution in [0.3, 0.4) is 0 Å². The Labute approximate surface area is 99.4 Å². The molecular formula is C9H15BrN2O3. The van der Waals surface area contributed by atoms with E-state index < -0.39 is 0 Å². The molecule has 0 spiro atoms. The van der Waals surface area contributed by atoms with Crippen LogP contribution < -0.4 is 21.5 Å². The minimum absolute atomic E-state index is 0. The Balaban J connectivity index is 0.00000196. The first kappa shape index (κ1) is 14.1. The molecule has 0 saturated carbocycles. The summed E-state index contributed by atoms with van der Waals surface area (Å²) in [6.45, 7) is 0.985. The highest BCUT2D eigenvalue weighted by molar-refractivity contribution is 5.69. The molecule has 0 aliphatic carbocycles. The predicted molar refractivity (Wildman–Crippen MR) is 48.4 cm³/mol. The summed E-state index contributed by atoms with van der Waals surface area (Å²) in [4.78, 5) is 11.2. The van der Waals surface area contributed by atoms with Crippen molar-refractivity contribution in [2.24, 2.45) is 7.05 Å². The fourth-order valence-corrected chi connectivity index (χ4v) is 1.03. The van der Waals surface area contributed by atoms with Gasteiger partial charge in [0.1, 0.15) is 19.0 Å². The van der Waals surface area contributed by atoms with E-state index in [4.69, 9.17) is 9.47 Å². The lowest BCUT2D eigenvalue weighted by molar-refractivity contribution is -0.671. The monoisotopic (exact) mass is 278 g/mol. The van der Waals surface area contributed by atoms with Gasteiger partial charge in [0.2, 0.25) is 6.33 Å². The van der Waals surface area contributed by atoms with Crippen LogP contribution in [0, 0.1) is 0 Å². The Morgan fingerprint density at radius 3 is 2.73 bits per heavy atom. The van der Waals surface area contributed by atoms with E-state index in [9.17, 15) is 4.79 Å². The SMILES string of the molecule is COCCOC(=O)Cn1cc[n+](C)c1.[Br-]. The summed E-state index contributed by atoms with van der Waals surface area (Å²) in [7, 11) is 3.46. The van der Waals surface area contributed by atoms with E-state index in [1.165, 1.54) is 0 Å². The average Bonchev–Trinajstić information content (AvgIpc) is 2.52. The molecule has 6 heteroatoms. The first-order chi connectivity index (χ1) is 6.72. The van der Waals surface area contributed by atoms with E-state index in [1.807, 2.05) is 30.3 Å². The van der Waals surface area contributed by atoms with Gasteiger partial charge in [0.25, 0.3) is 0 Å². The van der Waals surface area contributed by atoms with Crippen LogP contribution in [0.5, 0.6) is 0 Å². The zero-order chi connectivity index (χ0) is 10.4. The molecule has 0 aromatic carbocycles. The maximum atomic E-state index is 11.2. The number of carbonyl (C=O) groups excluding carboxylic acids is 1. The molecule has 0 bridgehead atoms. The summed E-state index contributed by atoms with van der Waals surface area (Å²) in [5.41, 5.74) is 0. The van der Waals surface area contributed by atoms with Crippen molar-refractivity contribution in [1.29, 1.82) is 0 Å². The lowest BCUT2D eigenvalue weighted by Gasteiger charge is -2.01. The number of imidazole rings is 1. The Kier molecular flexibility index (Phi) is 6.98.